The van der Waals surface area contributed by atoms with Crippen molar-refractivity contribution in [3.8, 4) is 33.4 Å². The standard InChI is InChI=1S/C53H34O/c1-53(2)45-30-44(34-17-4-6-19-36(34)50(45)51-37-20-7-3-15-32(37)33-16-5-12-25-42(33)52(51)53)49-40-23-10-8-21-38(40)48(39-22-9-11-24-41(39)49)31-27-28-47-43(29-31)35-18-13-14-26-46(35)54-47/h3-30H,1-2H3. The number of para-hydroxylation sites is 1. The van der Waals surface area contributed by atoms with Gasteiger partial charge in [0.15, 0.2) is 0 Å². The van der Waals surface area contributed by atoms with E-state index in [-0.39, 0.29) is 5.41 Å². The van der Waals surface area contributed by atoms with Crippen LogP contribution in [0.15, 0.2) is 174 Å². The number of hydrogen-bond acceptors (Lipinski definition) is 1. The topological polar surface area (TPSA) is 13.1 Å². The molecule has 1 aliphatic carbocycles. The maximum absolute atomic E-state index is 6.26. The molecule has 0 spiro atoms. The van der Waals surface area contributed by atoms with Gasteiger partial charge in [0.1, 0.15) is 11.2 Å². The van der Waals surface area contributed by atoms with Crippen molar-refractivity contribution in [3.05, 3.63) is 181 Å². The molecule has 0 bridgehead atoms. The van der Waals surface area contributed by atoms with Gasteiger partial charge in [-0.15, -0.1) is 0 Å². The van der Waals surface area contributed by atoms with Crippen LogP contribution in [0.25, 0.3) is 109 Å². The molecule has 0 aliphatic heterocycles. The molecule has 0 N–H and O–H groups in total. The molecule has 11 aromatic rings. The van der Waals surface area contributed by atoms with E-state index in [4.69, 9.17) is 4.42 Å². The van der Waals surface area contributed by atoms with E-state index in [2.05, 4.69) is 178 Å². The minimum Gasteiger partial charge on any atom is -0.456 e. The van der Waals surface area contributed by atoms with E-state index in [0.29, 0.717) is 0 Å². The molecule has 0 saturated carbocycles. The van der Waals surface area contributed by atoms with E-state index in [1.54, 1.807) is 0 Å². The van der Waals surface area contributed by atoms with Gasteiger partial charge >= 0.3 is 0 Å². The fourth-order valence-corrected chi connectivity index (χ4v) is 10.1. The molecule has 1 heterocycles. The van der Waals surface area contributed by atoms with Gasteiger partial charge in [-0.2, -0.15) is 0 Å². The first kappa shape index (κ1) is 29.8. The minimum absolute atomic E-state index is 0.221. The van der Waals surface area contributed by atoms with Crippen LogP contribution in [0.1, 0.15) is 25.0 Å². The minimum atomic E-state index is -0.221. The van der Waals surface area contributed by atoms with E-state index in [9.17, 15) is 0 Å². The van der Waals surface area contributed by atoms with Crippen LogP contribution in [0.5, 0.6) is 0 Å². The highest BCUT2D eigenvalue weighted by molar-refractivity contribution is 6.27. The Morgan fingerprint density at radius 2 is 0.778 bits per heavy atom. The van der Waals surface area contributed by atoms with Gasteiger partial charge in [-0.3, -0.25) is 0 Å². The van der Waals surface area contributed by atoms with E-state index >= 15 is 0 Å². The van der Waals surface area contributed by atoms with Gasteiger partial charge in [0, 0.05) is 16.2 Å². The van der Waals surface area contributed by atoms with Crippen LogP contribution in [0.3, 0.4) is 0 Å². The lowest BCUT2D eigenvalue weighted by Crippen LogP contribution is -2.16. The fraction of sp³-hybridized carbons (Fsp3) is 0.0566. The Hall–Kier alpha value is -6.70. The maximum Gasteiger partial charge on any atom is 0.135 e. The number of furan rings is 1. The first-order chi connectivity index (χ1) is 26.6. The van der Waals surface area contributed by atoms with Crippen molar-refractivity contribution < 1.29 is 4.42 Å². The Morgan fingerprint density at radius 1 is 0.333 bits per heavy atom. The Balaban J connectivity index is 1.21. The van der Waals surface area contributed by atoms with Crippen molar-refractivity contribution in [1.82, 2.24) is 0 Å². The maximum atomic E-state index is 6.26. The van der Waals surface area contributed by atoms with Gasteiger partial charge in [0.2, 0.25) is 0 Å². The number of benzene rings is 10. The van der Waals surface area contributed by atoms with Crippen LogP contribution in [0.4, 0.5) is 0 Å². The summed E-state index contributed by atoms with van der Waals surface area (Å²) in [5, 5.41) is 15.2. The second-order valence-electron chi connectivity index (χ2n) is 15.5. The van der Waals surface area contributed by atoms with Gasteiger partial charge in [-0.1, -0.05) is 159 Å². The lowest BCUT2D eigenvalue weighted by atomic mass is 9.77. The van der Waals surface area contributed by atoms with Crippen LogP contribution in [0.2, 0.25) is 0 Å². The molecule has 0 saturated heterocycles. The number of fused-ring (bicyclic) bond motifs is 15. The van der Waals surface area contributed by atoms with Gasteiger partial charge in [-0.25, -0.2) is 0 Å². The monoisotopic (exact) mass is 686 g/mol. The Labute approximate surface area is 312 Å². The fourth-order valence-electron chi connectivity index (χ4n) is 10.1. The molecular formula is C53H34O. The second kappa shape index (κ2) is 10.7. The van der Waals surface area contributed by atoms with Gasteiger partial charge in [0.05, 0.1) is 0 Å². The lowest BCUT2D eigenvalue weighted by Gasteiger charge is -2.25. The molecule has 54 heavy (non-hydrogen) atoms. The van der Waals surface area contributed by atoms with Crippen molar-refractivity contribution in [2.45, 2.75) is 19.3 Å². The Morgan fingerprint density at radius 3 is 1.41 bits per heavy atom. The average Bonchev–Trinajstić information content (AvgIpc) is 3.71. The summed E-state index contributed by atoms with van der Waals surface area (Å²) in [6.07, 6.45) is 0. The molecule has 1 nitrogen and oxygen atoms in total. The van der Waals surface area contributed by atoms with E-state index < -0.39 is 0 Å². The zero-order chi connectivity index (χ0) is 35.7. The molecule has 0 fully saturated rings. The molecule has 10 aromatic carbocycles. The van der Waals surface area contributed by atoms with Gasteiger partial charge in [0.25, 0.3) is 0 Å². The Bertz CT molecular complexity index is 3350. The molecule has 0 radical (unpaired) electrons. The predicted molar refractivity (Wildman–Crippen MR) is 230 cm³/mol. The van der Waals surface area contributed by atoms with Crippen molar-refractivity contribution in [1.29, 1.82) is 0 Å². The summed E-state index contributed by atoms with van der Waals surface area (Å²) in [6, 6.07) is 62.8. The normalized spacial score (nSPS) is 13.5. The van der Waals surface area contributed by atoms with E-state index in [1.807, 2.05) is 6.07 Å². The molecule has 0 unspecified atom stereocenters. The van der Waals surface area contributed by atoms with Crippen LogP contribution < -0.4 is 0 Å². The third-order valence-corrected chi connectivity index (χ3v) is 12.4. The predicted octanol–water partition coefficient (Wildman–Crippen LogP) is 15.0. The highest BCUT2D eigenvalue weighted by Gasteiger charge is 2.40. The van der Waals surface area contributed by atoms with Crippen LogP contribution >= 0.6 is 0 Å². The van der Waals surface area contributed by atoms with Gasteiger partial charge < -0.3 is 4.42 Å². The summed E-state index contributed by atoms with van der Waals surface area (Å²) >= 11 is 0. The third kappa shape index (κ3) is 3.83. The molecule has 0 amide bonds. The van der Waals surface area contributed by atoms with Gasteiger partial charge in [-0.05, 0) is 123 Å². The Kier molecular flexibility index (Phi) is 5.90. The number of rotatable bonds is 2. The highest BCUT2D eigenvalue weighted by atomic mass is 16.3. The summed E-state index contributed by atoms with van der Waals surface area (Å²) in [5.41, 5.74) is 12.2. The molecule has 252 valence electrons. The van der Waals surface area contributed by atoms with E-state index in [0.717, 1.165) is 21.9 Å². The average molecular weight is 687 g/mol. The summed E-state index contributed by atoms with van der Waals surface area (Å²) in [5.74, 6) is 0. The quantitative estimate of drug-likeness (QED) is 0.130. The molecule has 0 atom stereocenters. The third-order valence-electron chi connectivity index (χ3n) is 12.4. The SMILES string of the molecule is CC1(C)c2cc(-c3c4ccccc4c(-c4ccc5oc6ccccc6c5c4)c4ccccc34)c3ccccc3c2-c2c1c1ccccc1c1ccccc21. The summed E-state index contributed by atoms with van der Waals surface area (Å²) in [6.45, 7) is 4.87. The second-order valence-corrected chi connectivity index (χ2v) is 15.5. The summed E-state index contributed by atoms with van der Waals surface area (Å²) in [7, 11) is 0. The summed E-state index contributed by atoms with van der Waals surface area (Å²) < 4.78 is 6.26. The van der Waals surface area contributed by atoms with E-state index in [1.165, 1.54) is 98.4 Å². The van der Waals surface area contributed by atoms with Crippen LogP contribution in [-0.4, -0.2) is 0 Å². The summed E-state index contributed by atoms with van der Waals surface area (Å²) in [4.78, 5) is 0. The molecule has 12 rings (SSSR count). The zero-order valence-electron chi connectivity index (χ0n) is 30.1. The molecule has 1 aromatic heterocycles. The van der Waals surface area contributed by atoms with Crippen LogP contribution in [-0.2, 0) is 5.41 Å². The number of hydrogen-bond donors (Lipinski definition) is 0. The smallest absolute Gasteiger partial charge is 0.135 e. The van der Waals surface area contributed by atoms with Crippen LogP contribution in [0, 0.1) is 0 Å². The zero-order valence-corrected chi connectivity index (χ0v) is 30.1. The molecule has 1 aliphatic rings. The highest BCUT2D eigenvalue weighted by Crippen LogP contribution is 2.58. The molecular weight excluding hydrogens is 653 g/mol. The molecule has 1 heteroatoms. The van der Waals surface area contributed by atoms with Crippen molar-refractivity contribution in [2.75, 3.05) is 0 Å². The largest absolute Gasteiger partial charge is 0.456 e. The van der Waals surface area contributed by atoms with Crippen molar-refractivity contribution >= 4 is 75.8 Å². The van der Waals surface area contributed by atoms with Crippen molar-refractivity contribution in [2.24, 2.45) is 0 Å². The first-order valence-corrected chi connectivity index (χ1v) is 18.9. The van der Waals surface area contributed by atoms with Crippen molar-refractivity contribution in [3.63, 3.8) is 0 Å². The lowest BCUT2D eigenvalue weighted by molar-refractivity contribution is 0.667. The first-order valence-electron chi connectivity index (χ1n) is 18.9.